The molecule has 2 aliphatic rings. The molecule has 24 heavy (non-hydrogen) atoms. The van der Waals surface area contributed by atoms with Gasteiger partial charge in [0.1, 0.15) is 0 Å². The van der Waals surface area contributed by atoms with E-state index in [0.717, 1.165) is 28.0 Å². The molecule has 4 atom stereocenters. The van der Waals surface area contributed by atoms with Crippen LogP contribution >= 0.6 is 0 Å². The van der Waals surface area contributed by atoms with Crippen LogP contribution in [0.1, 0.15) is 25.0 Å². The molecule has 0 unspecified atom stereocenters. The molecule has 1 aromatic carbocycles. The zero-order valence-corrected chi connectivity index (χ0v) is 14.5. The minimum absolute atomic E-state index is 0.105. The van der Waals surface area contributed by atoms with Gasteiger partial charge in [0.2, 0.25) is 5.91 Å². The Hall–Kier alpha value is -2.36. The van der Waals surface area contributed by atoms with Gasteiger partial charge in [0.15, 0.2) is 0 Å². The molecular formula is C20H23NO3. The van der Waals surface area contributed by atoms with Crippen LogP contribution in [0.15, 0.2) is 41.5 Å². The zero-order chi connectivity index (χ0) is 17.6. The maximum absolute atomic E-state index is 12.9. The van der Waals surface area contributed by atoms with Crippen molar-refractivity contribution < 1.29 is 14.7 Å². The van der Waals surface area contributed by atoms with E-state index in [-0.39, 0.29) is 17.7 Å². The predicted octanol–water partition coefficient (Wildman–Crippen LogP) is 3.71. The second kappa shape index (κ2) is 5.93. The van der Waals surface area contributed by atoms with Gasteiger partial charge in [-0.05, 0) is 44.9 Å². The Morgan fingerprint density at radius 1 is 1.04 bits per heavy atom. The summed E-state index contributed by atoms with van der Waals surface area (Å²) in [5.41, 5.74) is 5.01. The average Bonchev–Trinajstić information content (AvgIpc) is 3.06. The lowest BCUT2D eigenvalue weighted by molar-refractivity contribution is -0.146. The van der Waals surface area contributed by atoms with Gasteiger partial charge >= 0.3 is 5.97 Å². The number of benzene rings is 1. The highest BCUT2D eigenvalue weighted by Crippen LogP contribution is 2.53. The molecule has 2 aliphatic carbocycles. The summed E-state index contributed by atoms with van der Waals surface area (Å²) in [7, 11) is 0. The summed E-state index contributed by atoms with van der Waals surface area (Å²) in [5, 5.41) is 12.6. The number of nitrogens with one attached hydrogen (secondary N) is 1. The van der Waals surface area contributed by atoms with Crippen LogP contribution in [0.4, 0.5) is 5.69 Å². The van der Waals surface area contributed by atoms with E-state index in [0.29, 0.717) is 0 Å². The summed E-state index contributed by atoms with van der Waals surface area (Å²) >= 11 is 0. The fourth-order valence-corrected chi connectivity index (χ4v) is 4.13. The van der Waals surface area contributed by atoms with E-state index in [9.17, 15) is 14.7 Å². The van der Waals surface area contributed by atoms with E-state index in [1.54, 1.807) is 0 Å². The molecule has 2 bridgehead atoms. The molecular weight excluding hydrogens is 302 g/mol. The number of rotatable bonds is 3. The van der Waals surface area contributed by atoms with Crippen LogP contribution in [0.3, 0.4) is 0 Å². The molecule has 2 N–H and O–H groups in total. The van der Waals surface area contributed by atoms with Gasteiger partial charge in [-0.3, -0.25) is 9.59 Å². The maximum Gasteiger partial charge on any atom is 0.308 e. The number of carbonyl (C=O) groups is 2. The molecule has 0 aromatic heterocycles. The third kappa shape index (κ3) is 2.56. The first-order valence-corrected chi connectivity index (χ1v) is 8.27. The van der Waals surface area contributed by atoms with E-state index in [4.69, 9.17) is 0 Å². The highest BCUT2D eigenvalue weighted by molar-refractivity contribution is 5.97. The van der Waals surface area contributed by atoms with Gasteiger partial charge in [-0.25, -0.2) is 0 Å². The van der Waals surface area contributed by atoms with Crippen molar-refractivity contribution in [2.45, 2.75) is 27.7 Å². The summed E-state index contributed by atoms with van der Waals surface area (Å²) in [5.74, 6) is -2.60. The van der Waals surface area contributed by atoms with Gasteiger partial charge in [-0.1, -0.05) is 35.4 Å². The highest BCUT2D eigenvalue weighted by Gasteiger charge is 2.54. The van der Waals surface area contributed by atoms with Crippen LogP contribution in [-0.4, -0.2) is 17.0 Å². The van der Waals surface area contributed by atoms with E-state index in [1.165, 1.54) is 0 Å². The first-order valence-electron chi connectivity index (χ1n) is 8.27. The molecule has 1 aromatic rings. The Labute approximate surface area is 142 Å². The molecule has 3 rings (SSSR count). The van der Waals surface area contributed by atoms with Crippen LogP contribution in [0.25, 0.3) is 0 Å². The third-order valence-electron chi connectivity index (χ3n) is 5.22. The molecule has 1 amide bonds. The molecule has 1 fully saturated rings. The molecule has 1 saturated carbocycles. The van der Waals surface area contributed by atoms with Gasteiger partial charge in [0.05, 0.1) is 11.8 Å². The van der Waals surface area contributed by atoms with Crippen molar-refractivity contribution in [3.63, 3.8) is 0 Å². The number of carboxylic acid groups (broad SMARTS) is 1. The predicted molar refractivity (Wildman–Crippen MR) is 93.7 cm³/mol. The van der Waals surface area contributed by atoms with Gasteiger partial charge in [-0.2, -0.15) is 0 Å². The Kier molecular flexibility index (Phi) is 4.08. The average molecular weight is 325 g/mol. The van der Waals surface area contributed by atoms with E-state index >= 15 is 0 Å². The topological polar surface area (TPSA) is 66.4 Å². The van der Waals surface area contributed by atoms with Crippen molar-refractivity contribution >= 4 is 17.6 Å². The van der Waals surface area contributed by atoms with Crippen molar-refractivity contribution in [3.05, 3.63) is 52.6 Å². The first kappa shape index (κ1) is 16.5. The lowest BCUT2D eigenvalue weighted by Gasteiger charge is -2.23. The molecule has 0 radical (unpaired) electrons. The standard InChI is InChI=1S/C20H23NO3/c1-10(2)16-13-7-8-14(16)18(20(23)24)17(13)19(22)21-15-9-11(3)5-6-12(15)4/h5-9,13-14,17-18H,1-4H3,(H,21,22)(H,23,24)/t13-,14-,17-,18+/m1/s1. The van der Waals surface area contributed by atoms with Crippen LogP contribution in [0.5, 0.6) is 0 Å². The molecule has 0 spiro atoms. The number of hydrogen-bond donors (Lipinski definition) is 2. The summed E-state index contributed by atoms with van der Waals surface area (Å²) in [6.07, 6.45) is 3.95. The summed E-state index contributed by atoms with van der Waals surface area (Å²) < 4.78 is 0. The number of carboxylic acids is 1. The number of allylic oxidation sites excluding steroid dienone is 4. The molecule has 4 heteroatoms. The minimum Gasteiger partial charge on any atom is -0.481 e. The van der Waals surface area contributed by atoms with Crippen LogP contribution in [0, 0.1) is 37.5 Å². The second-order valence-electron chi connectivity index (χ2n) is 7.09. The maximum atomic E-state index is 12.9. The number of anilines is 1. The Morgan fingerprint density at radius 3 is 2.25 bits per heavy atom. The zero-order valence-electron chi connectivity index (χ0n) is 14.5. The summed E-state index contributed by atoms with van der Waals surface area (Å²) in [6.45, 7) is 7.89. The number of hydrogen-bond acceptors (Lipinski definition) is 2. The van der Waals surface area contributed by atoms with E-state index in [1.807, 2.05) is 58.0 Å². The van der Waals surface area contributed by atoms with Crippen molar-refractivity contribution in [3.8, 4) is 0 Å². The number of aliphatic carboxylic acids is 1. The van der Waals surface area contributed by atoms with Gasteiger partial charge < -0.3 is 10.4 Å². The number of amides is 1. The Morgan fingerprint density at radius 2 is 1.67 bits per heavy atom. The van der Waals surface area contributed by atoms with Crippen molar-refractivity contribution in [1.29, 1.82) is 0 Å². The van der Waals surface area contributed by atoms with Gasteiger partial charge in [0, 0.05) is 17.5 Å². The van der Waals surface area contributed by atoms with Crippen molar-refractivity contribution in [2.75, 3.05) is 5.32 Å². The molecule has 4 nitrogen and oxygen atoms in total. The molecule has 0 heterocycles. The smallest absolute Gasteiger partial charge is 0.308 e. The van der Waals surface area contributed by atoms with E-state index in [2.05, 4.69) is 5.32 Å². The van der Waals surface area contributed by atoms with Gasteiger partial charge in [-0.15, -0.1) is 0 Å². The normalized spacial score (nSPS) is 27.4. The Bertz CT molecular complexity index is 771. The quantitative estimate of drug-likeness (QED) is 0.833. The fourth-order valence-electron chi connectivity index (χ4n) is 4.13. The van der Waals surface area contributed by atoms with Gasteiger partial charge in [0.25, 0.3) is 0 Å². The lowest BCUT2D eigenvalue weighted by Crippen LogP contribution is -2.36. The van der Waals surface area contributed by atoms with Crippen LogP contribution in [0.2, 0.25) is 0 Å². The minimum atomic E-state index is -0.897. The first-order chi connectivity index (χ1) is 11.3. The number of fused-ring (bicyclic) bond motifs is 2. The Balaban J connectivity index is 1.94. The summed E-state index contributed by atoms with van der Waals surface area (Å²) in [6, 6.07) is 5.88. The van der Waals surface area contributed by atoms with Crippen molar-refractivity contribution in [1.82, 2.24) is 0 Å². The second-order valence-corrected chi connectivity index (χ2v) is 7.09. The number of carbonyl (C=O) groups excluding carboxylic acids is 1. The van der Waals surface area contributed by atoms with E-state index < -0.39 is 17.8 Å². The fraction of sp³-hybridized carbons (Fsp3) is 0.400. The largest absolute Gasteiger partial charge is 0.481 e. The van der Waals surface area contributed by atoms with Crippen LogP contribution in [-0.2, 0) is 9.59 Å². The highest BCUT2D eigenvalue weighted by atomic mass is 16.4. The monoisotopic (exact) mass is 325 g/mol. The SMILES string of the molecule is CC(C)=C1[C@H]2C=C[C@H]1[C@@H](C(=O)Nc1cc(C)ccc1C)[C@H]2C(=O)O. The molecule has 0 saturated heterocycles. The summed E-state index contributed by atoms with van der Waals surface area (Å²) in [4.78, 5) is 24.7. The molecule has 0 aliphatic heterocycles. The van der Waals surface area contributed by atoms with Crippen LogP contribution < -0.4 is 5.32 Å². The number of aryl methyl sites for hydroxylation is 2. The lowest BCUT2D eigenvalue weighted by atomic mass is 9.82. The van der Waals surface area contributed by atoms with Crippen molar-refractivity contribution in [2.24, 2.45) is 23.7 Å². The molecule has 126 valence electrons. The third-order valence-corrected chi connectivity index (χ3v) is 5.22.